The van der Waals surface area contributed by atoms with Gasteiger partial charge in [-0.3, -0.25) is 4.79 Å². The molecular formula is C15H21NO5. The molecule has 0 spiro atoms. The largest absolute Gasteiger partial charge is 0.465 e. The van der Waals surface area contributed by atoms with E-state index in [4.69, 9.17) is 0 Å². The predicted octanol–water partition coefficient (Wildman–Crippen LogP) is 0.702. The summed E-state index contributed by atoms with van der Waals surface area (Å²) in [5, 5.41) is 22.7. The molecule has 0 heterocycles. The van der Waals surface area contributed by atoms with Crippen LogP contribution in [0.15, 0.2) is 18.2 Å². The highest BCUT2D eigenvalue weighted by Crippen LogP contribution is 2.25. The van der Waals surface area contributed by atoms with Crippen molar-refractivity contribution in [3.8, 4) is 0 Å². The van der Waals surface area contributed by atoms with E-state index >= 15 is 0 Å². The van der Waals surface area contributed by atoms with Crippen LogP contribution in [0, 0.1) is 6.92 Å². The van der Waals surface area contributed by atoms with Crippen LogP contribution in [0.1, 0.15) is 40.9 Å². The van der Waals surface area contributed by atoms with Crippen LogP contribution in [0.5, 0.6) is 0 Å². The molecule has 1 aromatic carbocycles. The zero-order chi connectivity index (χ0) is 16.0. The monoisotopic (exact) mass is 295 g/mol. The summed E-state index contributed by atoms with van der Waals surface area (Å²) in [5.41, 5.74) is 1.38. The van der Waals surface area contributed by atoms with Crippen molar-refractivity contribution in [3.63, 3.8) is 0 Å². The smallest absolute Gasteiger partial charge is 0.338 e. The van der Waals surface area contributed by atoms with E-state index in [1.165, 1.54) is 14.0 Å². The Bertz CT molecular complexity index is 515. The third-order valence-electron chi connectivity index (χ3n) is 3.28. The van der Waals surface area contributed by atoms with E-state index in [1.807, 2.05) is 0 Å². The second kappa shape index (κ2) is 7.75. The first-order valence-electron chi connectivity index (χ1n) is 6.66. The minimum absolute atomic E-state index is 0.194. The van der Waals surface area contributed by atoms with Crippen molar-refractivity contribution in [3.05, 3.63) is 34.9 Å². The quantitative estimate of drug-likeness (QED) is 0.671. The van der Waals surface area contributed by atoms with Gasteiger partial charge < -0.3 is 20.3 Å². The third-order valence-corrected chi connectivity index (χ3v) is 3.28. The maximum atomic E-state index is 11.6. The van der Waals surface area contributed by atoms with Crippen molar-refractivity contribution < 1.29 is 24.5 Å². The number of rotatable bonds is 6. The van der Waals surface area contributed by atoms with Crippen molar-refractivity contribution in [2.45, 2.75) is 32.5 Å². The minimum atomic E-state index is -1.14. The first-order chi connectivity index (χ1) is 9.88. The molecule has 0 saturated heterocycles. The van der Waals surface area contributed by atoms with Gasteiger partial charge in [0, 0.05) is 13.5 Å². The van der Waals surface area contributed by atoms with Gasteiger partial charge in [-0.15, -0.1) is 0 Å². The van der Waals surface area contributed by atoms with E-state index in [1.54, 1.807) is 25.1 Å². The van der Waals surface area contributed by atoms with E-state index < -0.39 is 18.2 Å². The molecule has 3 N–H and O–H groups in total. The second-order valence-corrected chi connectivity index (χ2v) is 4.80. The molecular weight excluding hydrogens is 274 g/mol. The maximum Gasteiger partial charge on any atom is 0.338 e. The number of ether oxygens (including phenoxy) is 1. The highest BCUT2D eigenvalue weighted by Gasteiger charge is 2.22. The van der Waals surface area contributed by atoms with Crippen LogP contribution >= 0.6 is 0 Å². The van der Waals surface area contributed by atoms with E-state index in [0.29, 0.717) is 16.7 Å². The topological polar surface area (TPSA) is 95.9 Å². The Hall–Kier alpha value is -1.92. The van der Waals surface area contributed by atoms with Gasteiger partial charge in [-0.25, -0.2) is 4.79 Å². The standard InChI is InChI=1S/C15H21NO5/c1-9-11(5-4-6-12(9)15(20)21-3)14(19)13(18)7-8-16-10(2)17/h4-6,13-14,18-19H,7-8H2,1-3H3,(H,16,17). The van der Waals surface area contributed by atoms with E-state index in [9.17, 15) is 19.8 Å². The van der Waals surface area contributed by atoms with Crippen LogP contribution in [-0.4, -0.2) is 41.8 Å². The number of hydrogen-bond acceptors (Lipinski definition) is 5. The van der Waals surface area contributed by atoms with Crippen molar-refractivity contribution in [2.24, 2.45) is 0 Å². The fourth-order valence-electron chi connectivity index (χ4n) is 2.07. The number of carbonyl (C=O) groups excluding carboxylic acids is 2. The van der Waals surface area contributed by atoms with E-state index in [-0.39, 0.29) is 18.9 Å². The molecule has 0 fully saturated rings. The van der Waals surface area contributed by atoms with Gasteiger partial charge in [-0.1, -0.05) is 12.1 Å². The van der Waals surface area contributed by atoms with Crippen molar-refractivity contribution >= 4 is 11.9 Å². The normalized spacial score (nSPS) is 13.4. The number of carbonyl (C=O) groups is 2. The Morgan fingerprint density at radius 1 is 1.33 bits per heavy atom. The number of benzene rings is 1. The van der Waals surface area contributed by atoms with Gasteiger partial charge in [-0.05, 0) is 30.5 Å². The van der Waals surface area contributed by atoms with Gasteiger partial charge >= 0.3 is 5.97 Å². The Kier molecular flexibility index (Phi) is 6.33. The molecule has 0 saturated carbocycles. The second-order valence-electron chi connectivity index (χ2n) is 4.80. The summed E-state index contributed by atoms with van der Waals surface area (Å²) < 4.78 is 4.67. The fraction of sp³-hybridized carbons (Fsp3) is 0.467. The Labute approximate surface area is 123 Å². The summed E-state index contributed by atoms with van der Waals surface area (Å²) in [5.74, 6) is -0.685. The Morgan fingerprint density at radius 3 is 2.57 bits per heavy atom. The SMILES string of the molecule is COC(=O)c1cccc(C(O)C(O)CCNC(C)=O)c1C. The molecule has 1 amide bonds. The van der Waals surface area contributed by atoms with E-state index in [0.717, 1.165) is 0 Å². The Morgan fingerprint density at radius 2 is 2.00 bits per heavy atom. The van der Waals surface area contributed by atoms with Crippen molar-refractivity contribution in [2.75, 3.05) is 13.7 Å². The molecule has 2 unspecified atom stereocenters. The first kappa shape index (κ1) is 17.1. The van der Waals surface area contributed by atoms with Crippen LogP contribution in [0.3, 0.4) is 0 Å². The molecule has 6 heteroatoms. The molecule has 0 aliphatic rings. The van der Waals surface area contributed by atoms with Gasteiger partial charge in [-0.2, -0.15) is 0 Å². The average molecular weight is 295 g/mol. The highest BCUT2D eigenvalue weighted by atomic mass is 16.5. The molecule has 1 rings (SSSR count). The van der Waals surface area contributed by atoms with Gasteiger partial charge in [0.25, 0.3) is 0 Å². The average Bonchev–Trinajstić information content (AvgIpc) is 2.45. The number of amides is 1. The summed E-state index contributed by atoms with van der Waals surface area (Å²) in [6, 6.07) is 4.87. The minimum Gasteiger partial charge on any atom is -0.465 e. The molecule has 21 heavy (non-hydrogen) atoms. The van der Waals surface area contributed by atoms with Gasteiger partial charge in [0.1, 0.15) is 6.10 Å². The van der Waals surface area contributed by atoms with Crippen LogP contribution in [-0.2, 0) is 9.53 Å². The van der Waals surface area contributed by atoms with Gasteiger partial charge in [0.2, 0.25) is 5.91 Å². The predicted molar refractivity (Wildman–Crippen MR) is 76.8 cm³/mol. The number of nitrogens with one attached hydrogen (secondary N) is 1. The van der Waals surface area contributed by atoms with Gasteiger partial charge in [0.05, 0.1) is 18.8 Å². The summed E-state index contributed by atoms with van der Waals surface area (Å²) in [7, 11) is 1.28. The molecule has 1 aromatic rings. The number of aliphatic hydroxyl groups is 2. The molecule has 116 valence electrons. The third kappa shape index (κ3) is 4.54. The molecule has 6 nitrogen and oxygen atoms in total. The molecule has 0 aliphatic carbocycles. The first-order valence-corrected chi connectivity index (χ1v) is 6.66. The number of aliphatic hydroxyl groups excluding tert-OH is 2. The maximum absolute atomic E-state index is 11.6. The molecule has 2 atom stereocenters. The lowest BCUT2D eigenvalue weighted by molar-refractivity contribution is -0.119. The van der Waals surface area contributed by atoms with Crippen molar-refractivity contribution in [1.29, 1.82) is 0 Å². The van der Waals surface area contributed by atoms with Crippen LogP contribution < -0.4 is 5.32 Å². The van der Waals surface area contributed by atoms with Gasteiger partial charge in [0.15, 0.2) is 0 Å². The zero-order valence-corrected chi connectivity index (χ0v) is 12.4. The zero-order valence-electron chi connectivity index (χ0n) is 12.4. The summed E-state index contributed by atoms with van der Waals surface area (Å²) in [6.07, 6.45) is -1.96. The van der Waals surface area contributed by atoms with E-state index in [2.05, 4.69) is 10.1 Å². The number of esters is 1. The lowest BCUT2D eigenvalue weighted by Crippen LogP contribution is -2.28. The Balaban J connectivity index is 2.84. The molecule has 0 aliphatic heterocycles. The lowest BCUT2D eigenvalue weighted by atomic mass is 9.94. The van der Waals surface area contributed by atoms with Crippen molar-refractivity contribution in [1.82, 2.24) is 5.32 Å². The molecule has 0 aromatic heterocycles. The highest BCUT2D eigenvalue weighted by molar-refractivity contribution is 5.91. The van der Waals surface area contributed by atoms with Crippen LogP contribution in [0.2, 0.25) is 0 Å². The number of hydrogen-bond donors (Lipinski definition) is 3. The summed E-state index contributed by atoms with van der Waals surface area (Å²) in [4.78, 5) is 22.4. The molecule has 0 bridgehead atoms. The number of methoxy groups -OCH3 is 1. The summed E-state index contributed by atoms with van der Waals surface area (Å²) in [6.45, 7) is 3.33. The summed E-state index contributed by atoms with van der Waals surface area (Å²) >= 11 is 0. The fourth-order valence-corrected chi connectivity index (χ4v) is 2.07. The van der Waals surface area contributed by atoms with Crippen LogP contribution in [0.25, 0.3) is 0 Å². The lowest BCUT2D eigenvalue weighted by Gasteiger charge is -2.21. The van der Waals surface area contributed by atoms with Crippen LogP contribution in [0.4, 0.5) is 0 Å². The molecule has 0 radical (unpaired) electrons.